The third-order valence-electron chi connectivity index (χ3n) is 4.14. The average molecular weight is 240 g/mol. The second kappa shape index (κ2) is 7.38. The van der Waals surface area contributed by atoms with Crippen LogP contribution >= 0.6 is 0 Å². The number of rotatable bonds is 8. The van der Waals surface area contributed by atoms with Crippen molar-refractivity contribution in [1.29, 1.82) is 0 Å². The zero-order chi connectivity index (χ0) is 12.7. The minimum Gasteiger partial charge on any atom is -0.316 e. The van der Waals surface area contributed by atoms with Crippen molar-refractivity contribution >= 4 is 0 Å². The van der Waals surface area contributed by atoms with Gasteiger partial charge in [-0.3, -0.25) is 0 Å². The van der Waals surface area contributed by atoms with Gasteiger partial charge in [0.05, 0.1) is 0 Å². The van der Waals surface area contributed by atoms with Crippen LogP contribution in [-0.2, 0) is 0 Å². The van der Waals surface area contributed by atoms with E-state index in [9.17, 15) is 0 Å². The first-order chi connectivity index (χ1) is 8.05. The number of hydrogen-bond acceptors (Lipinski definition) is 2. The largest absolute Gasteiger partial charge is 0.316 e. The van der Waals surface area contributed by atoms with E-state index in [1.54, 1.807) is 0 Å². The lowest BCUT2D eigenvalue weighted by molar-refractivity contribution is 0.288. The standard InChI is InChI=1S/C15H32N2/c1-5-6-7-8-15(3,4)12-17-11-14-10-16-9-13(14)2/h13-14,16-17H,5-12H2,1-4H3. The predicted octanol–water partition coefficient (Wildman–Crippen LogP) is 3.04. The Labute approximate surface area is 108 Å². The summed E-state index contributed by atoms with van der Waals surface area (Å²) in [5.41, 5.74) is 0.463. The van der Waals surface area contributed by atoms with Crippen LogP contribution in [0.3, 0.4) is 0 Å². The molecule has 0 spiro atoms. The Bertz CT molecular complexity index is 201. The van der Waals surface area contributed by atoms with Crippen LogP contribution in [-0.4, -0.2) is 26.2 Å². The van der Waals surface area contributed by atoms with Crippen molar-refractivity contribution in [2.75, 3.05) is 26.2 Å². The van der Waals surface area contributed by atoms with Crippen molar-refractivity contribution in [3.05, 3.63) is 0 Å². The molecule has 2 N–H and O–H groups in total. The lowest BCUT2D eigenvalue weighted by Crippen LogP contribution is -2.34. The molecule has 0 saturated carbocycles. The molecule has 2 unspecified atom stereocenters. The van der Waals surface area contributed by atoms with E-state index in [2.05, 4.69) is 38.3 Å². The van der Waals surface area contributed by atoms with Crippen LogP contribution in [0.15, 0.2) is 0 Å². The quantitative estimate of drug-likeness (QED) is 0.637. The smallest absolute Gasteiger partial charge is 0.000264 e. The maximum atomic E-state index is 3.68. The molecule has 1 heterocycles. The third kappa shape index (κ3) is 5.87. The first-order valence-corrected chi connectivity index (χ1v) is 7.46. The summed E-state index contributed by atoms with van der Waals surface area (Å²) in [6, 6.07) is 0. The van der Waals surface area contributed by atoms with Crippen molar-refractivity contribution in [3.63, 3.8) is 0 Å². The molecule has 102 valence electrons. The summed E-state index contributed by atoms with van der Waals surface area (Å²) >= 11 is 0. The molecule has 1 aliphatic heterocycles. The zero-order valence-corrected chi connectivity index (χ0v) is 12.3. The number of unbranched alkanes of at least 4 members (excludes halogenated alkanes) is 2. The second-order valence-electron chi connectivity index (χ2n) is 6.65. The summed E-state index contributed by atoms with van der Waals surface area (Å²) in [7, 11) is 0. The Kier molecular flexibility index (Phi) is 6.50. The molecule has 0 aromatic heterocycles. The lowest BCUT2D eigenvalue weighted by atomic mass is 9.86. The highest BCUT2D eigenvalue weighted by Gasteiger charge is 2.23. The molecule has 0 bridgehead atoms. The molecule has 0 aromatic carbocycles. The molecular formula is C15H32N2. The topological polar surface area (TPSA) is 24.1 Å². The highest BCUT2D eigenvalue weighted by atomic mass is 15.0. The van der Waals surface area contributed by atoms with E-state index in [0.717, 1.165) is 11.8 Å². The van der Waals surface area contributed by atoms with Crippen molar-refractivity contribution < 1.29 is 0 Å². The molecule has 1 saturated heterocycles. The van der Waals surface area contributed by atoms with Gasteiger partial charge in [-0.1, -0.05) is 47.0 Å². The minimum atomic E-state index is 0.463. The van der Waals surface area contributed by atoms with Gasteiger partial charge in [-0.2, -0.15) is 0 Å². The van der Waals surface area contributed by atoms with E-state index in [1.807, 2.05) is 0 Å². The molecule has 1 aliphatic rings. The number of nitrogens with one attached hydrogen (secondary N) is 2. The summed E-state index contributed by atoms with van der Waals surface area (Å²) in [4.78, 5) is 0. The fraction of sp³-hybridized carbons (Fsp3) is 1.00. The van der Waals surface area contributed by atoms with E-state index in [0.29, 0.717) is 5.41 Å². The van der Waals surface area contributed by atoms with Crippen LogP contribution in [0.2, 0.25) is 0 Å². The normalized spacial score (nSPS) is 25.4. The van der Waals surface area contributed by atoms with Gasteiger partial charge in [-0.25, -0.2) is 0 Å². The van der Waals surface area contributed by atoms with Crippen molar-refractivity contribution in [1.82, 2.24) is 10.6 Å². The fourth-order valence-corrected chi connectivity index (χ4v) is 2.68. The molecule has 2 nitrogen and oxygen atoms in total. The van der Waals surface area contributed by atoms with Gasteiger partial charge in [0.15, 0.2) is 0 Å². The van der Waals surface area contributed by atoms with Crippen LogP contribution in [0.4, 0.5) is 0 Å². The Morgan fingerprint density at radius 2 is 2.00 bits per heavy atom. The Morgan fingerprint density at radius 1 is 1.24 bits per heavy atom. The van der Waals surface area contributed by atoms with E-state index in [-0.39, 0.29) is 0 Å². The van der Waals surface area contributed by atoms with E-state index in [4.69, 9.17) is 0 Å². The van der Waals surface area contributed by atoms with Crippen molar-refractivity contribution in [2.24, 2.45) is 17.3 Å². The van der Waals surface area contributed by atoms with Crippen LogP contribution in [0.5, 0.6) is 0 Å². The van der Waals surface area contributed by atoms with Gasteiger partial charge in [0.25, 0.3) is 0 Å². The molecule has 2 heteroatoms. The van der Waals surface area contributed by atoms with Crippen LogP contribution < -0.4 is 10.6 Å². The third-order valence-corrected chi connectivity index (χ3v) is 4.14. The van der Waals surface area contributed by atoms with Crippen molar-refractivity contribution in [2.45, 2.75) is 53.4 Å². The summed E-state index contributed by atoms with van der Waals surface area (Å²) in [5.74, 6) is 1.67. The second-order valence-corrected chi connectivity index (χ2v) is 6.65. The summed E-state index contributed by atoms with van der Waals surface area (Å²) in [6.45, 7) is 14.2. The summed E-state index contributed by atoms with van der Waals surface area (Å²) in [6.07, 6.45) is 5.45. The maximum Gasteiger partial charge on any atom is 0.000264 e. The first-order valence-electron chi connectivity index (χ1n) is 7.46. The van der Waals surface area contributed by atoms with Gasteiger partial charge in [0.2, 0.25) is 0 Å². The van der Waals surface area contributed by atoms with E-state index in [1.165, 1.54) is 51.9 Å². The zero-order valence-electron chi connectivity index (χ0n) is 12.3. The van der Waals surface area contributed by atoms with E-state index >= 15 is 0 Å². The molecule has 0 radical (unpaired) electrons. The van der Waals surface area contributed by atoms with Crippen LogP contribution in [0.1, 0.15) is 53.4 Å². The van der Waals surface area contributed by atoms with Gasteiger partial charge in [-0.15, -0.1) is 0 Å². The van der Waals surface area contributed by atoms with Gasteiger partial charge in [0.1, 0.15) is 0 Å². The molecule has 1 rings (SSSR count). The summed E-state index contributed by atoms with van der Waals surface area (Å²) < 4.78 is 0. The van der Waals surface area contributed by atoms with Gasteiger partial charge < -0.3 is 10.6 Å². The van der Waals surface area contributed by atoms with Gasteiger partial charge >= 0.3 is 0 Å². The molecule has 0 aromatic rings. The average Bonchev–Trinajstić information content (AvgIpc) is 2.64. The summed E-state index contributed by atoms with van der Waals surface area (Å²) in [5, 5.41) is 7.16. The number of hydrogen-bond donors (Lipinski definition) is 2. The Hall–Kier alpha value is -0.0800. The molecule has 0 aliphatic carbocycles. The van der Waals surface area contributed by atoms with E-state index < -0.39 is 0 Å². The Balaban J connectivity index is 2.11. The van der Waals surface area contributed by atoms with Crippen molar-refractivity contribution in [3.8, 4) is 0 Å². The molecular weight excluding hydrogens is 208 g/mol. The van der Waals surface area contributed by atoms with Crippen LogP contribution in [0, 0.1) is 17.3 Å². The minimum absolute atomic E-state index is 0.463. The molecule has 2 atom stereocenters. The first kappa shape index (κ1) is 15.0. The van der Waals surface area contributed by atoms with Crippen LogP contribution in [0.25, 0.3) is 0 Å². The predicted molar refractivity (Wildman–Crippen MR) is 76.3 cm³/mol. The highest BCUT2D eigenvalue weighted by Crippen LogP contribution is 2.23. The molecule has 0 amide bonds. The monoisotopic (exact) mass is 240 g/mol. The molecule has 17 heavy (non-hydrogen) atoms. The SMILES string of the molecule is CCCCCC(C)(C)CNCC1CNCC1C. The van der Waals surface area contributed by atoms with Gasteiger partial charge in [-0.05, 0) is 43.3 Å². The Morgan fingerprint density at radius 3 is 2.59 bits per heavy atom. The fourth-order valence-electron chi connectivity index (χ4n) is 2.68. The van der Waals surface area contributed by atoms with Gasteiger partial charge in [0, 0.05) is 6.54 Å². The highest BCUT2D eigenvalue weighted by molar-refractivity contribution is 4.81. The maximum absolute atomic E-state index is 3.68. The lowest BCUT2D eigenvalue weighted by Gasteiger charge is -2.26. The molecule has 1 fully saturated rings.